The van der Waals surface area contributed by atoms with Gasteiger partial charge in [0.15, 0.2) is 5.78 Å². The van der Waals surface area contributed by atoms with Crippen LogP contribution >= 0.6 is 86.4 Å². The molecule has 2 aromatic heterocycles. The van der Waals surface area contributed by atoms with E-state index in [1.807, 2.05) is 12.1 Å². The highest BCUT2D eigenvalue weighted by Crippen LogP contribution is 2.37. The van der Waals surface area contributed by atoms with Crippen LogP contribution in [0.5, 0.6) is 0 Å². The lowest BCUT2D eigenvalue weighted by Gasteiger charge is -1.96. The Labute approximate surface area is 134 Å². The molecule has 1 nitrogen and oxygen atoms in total. The molecule has 2 aromatic rings. The minimum Gasteiger partial charge on any atom is -0.288 e. The van der Waals surface area contributed by atoms with Gasteiger partial charge in [-0.2, -0.15) is 0 Å². The van der Waals surface area contributed by atoms with Crippen molar-refractivity contribution in [2.75, 3.05) is 0 Å². The molecule has 0 saturated carbocycles. The fourth-order valence-corrected chi connectivity index (χ4v) is 6.72. The minimum absolute atomic E-state index is 0.0163. The molecular formula is C9H2Br4OS2. The van der Waals surface area contributed by atoms with Crippen LogP contribution in [-0.2, 0) is 0 Å². The molecule has 0 aliphatic heterocycles. The summed E-state index contributed by atoms with van der Waals surface area (Å²) >= 11 is 16.5. The molecule has 0 fully saturated rings. The topological polar surface area (TPSA) is 17.1 Å². The van der Waals surface area contributed by atoms with Gasteiger partial charge in [-0.15, -0.1) is 22.7 Å². The van der Waals surface area contributed by atoms with Crippen LogP contribution in [-0.4, -0.2) is 5.78 Å². The molecule has 84 valence electrons. The van der Waals surface area contributed by atoms with Gasteiger partial charge in [-0.1, -0.05) is 0 Å². The molecule has 16 heavy (non-hydrogen) atoms. The summed E-state index contributed by atoms with van der Waals surface area (Å²) in [6.45, 7) is 0. The Balaban J connectivity index is 2.46. The molecule has 0 bridgehead atoms. The molecule has 0 radical (unpaired) electrons. The molecule has 7 heteroatoms. The summed E-state index contributed by atoms with van der Waals surface area (Å²) in [5, 5.41) is 0. The van der Waals surface area contributed by atoms with Crippen LogP contribution in [0.1, 0.15) is 15.9 Å². The van der Waals surface area contributed by atoms with Crippen molar-refractivity contribution in [2.24, 2.45) is 0 Å². The monoisotopic (exact) mass is 506 g/mol. The average Bonchev–Trinajstić information content (AvgIpc) is 2.68. The van der Waals surface area contributed by atoms with Gasteiger partial charge in [0.25, 0.3) is 0 Å². The van der Waals surface area contributed by atoms with Gasteiger partial charge in [0, 0.05) is 11.1 Å². The first-order valence-corrected chi connectivity index (χ1v) is 8.74. The molecule has 2 heterocycles. The van der Waals surface area contributed by atoms with Crippen LogP contribution in [0, 0.1) is 0 Å². The molecule has 0 spiro atoms. The van der Waals surface area contributed by atoms with Gasteiger partial charge < -0.3 is 0 Å². The second kappa shape index (κ2) is 5.32. The van der Waals surface area contributed by atoms with Crippen LogP contribution in [0.4, 0.5) is 0 Å². The molecule has 0 aliphatic carbocycles. The van der Waals surface area contributed by atoms with Crippen molar-refractivity contribution in [3.05, 3.63) is 38.4 Å². The zero-order chi connectivity index (χ0) is 11.9. The highest BCUT2D eigenvalue weighted by atomic mass is 79.9. The van der Waals surface area contributed by atoms with Crippen LogP contribution in [0.15, 0.2) is 27.3 Å². The van der Waals surface area contributed by atoms with Crippen LogP contribution < -0.4 is 0 Å². The van der Waals surface area contributed by atoms with Crippen molar-refractivity contribution in [2.45, 2.75) is 0 Å². The largest absolute Gasteiger partial charge is 0.288 e. The smallest absolute Gasteiger partial charge is 0.197 e. The highest BCUT2D eigenvalue weighted by molar-refractivity contribution is 9.12. The Morgan fingerprint density at radius 1 is 0.875 bits per heavy atom. The maximum Gasteiger partial charge on any atom is 0.197 e. The molecule has 0 aliphatic rings. The Hall–Kier alpha value is 0.990. The van der Waals surface area contributed by atoms with Gasteiger partial charge >= 0.3 is 0 Å². The Morgan fingerprint density at radius 2 is 1.25 bits per heavy atom. The van der Waals surface area contributed by atoms with Crippen LogP contribution in [0.2, 0.25) is 0 Å². The van der Waals surface area contributed by atoms with Gasteiger partial charge in [-0.25, -0.2) is 0 Å². The van der Waals surface area contributed by atoms with Gasteiger partial charge in [-0.05, 0) is 75.9 Å². The summed E-state index contributed by atoms with van der Waals surface area (Å²) in [7, 11) is 0. The highest BCUT2D eigenvalue weighted by Gasteiger charge is 2.19. The zero-order valence-corrected chi connectivity index (χ0v) is 15.4. The number of thiophene rings is 2. The van der Waals surface area contributed by atoms with Crippen molar-refractivity contribution in [3.63, 3.8) is 0 Å². The van der Waals surface area contributed by atoms with E-state index in [1.165, 1.54) is 22.7 Å². The van der Waals surface area contributed by atoms with E-state index in [1.54, 1.807) is 0 Å². The fourth-order valence-electron chi connectivity index (χ4n) is 1.14. The summed E-state index contributed by atoms with van der Waals surface area (Å²) in [6.07, 6.45) is 0. The van der Waals surface area contributed by atoms with E-state index < -0.39 is 0 Å². The maximum atomic E-state index is 12.2. The fraction of sp³-hybridized carbons (Fsp3) is 0. The summed E-state index contributed by atoms with van der Waals surface area (Å²) in [5.41, 5.74) is 1.37. The predicted molar refractivity (Wildman–Crippen MR) is 82.9 cm³/mol. The second-order valence-electron chi connectivity index (χ2n) is 2.80. The molecule has 0 N–H and O–H groups in total. The SMILES string of the molecule is O=C(c1cc(Br)sc1Br)c1cc(Br)sc1Br. The van der Waals surface area contributed by atoms with Crippen LogP contribution in [0.25, 0.3) is 0 Å². The number of carbonyl (C=O) groups excluding carboxylic acids is 1. The summed E-state index contributed by atoms with van der Waals surface area (Å²) in [6, 6.07) is 3.66. The van der Waals surface area contributed by atoms with Crippen molar-refractivity contribution >= 4 is 92.2 Å². The van der Waals surface area contributed by atoms with Crippen molar-refractivity contribution in [1.82, 2.24) is 0 Å². The first-order valence-electron chi connectivity index (χ1n) is 3.93. The Morgan fingerprint density at radius 3 is 1.50 bits per heavy atom. The summed E-state index contributed by atoms with van der Waals surface area (Å²) in [5.74, 6) is 0.0163. The van der Waals surface area contributed by atoms with E-state index in [4.69, 9.17) is 0 Å². The molecule has 0 aromatic carbocycles. The Bertz CT molecular complexity index is 510. The van der Waals surface area contributed by atoms with Crippen LogP contribution in [0.3, 0.4) is 0 Å². The number of hydrogen-bond acceptors (Lipinski definition) is 3. The summed E-state index contributed by atoms with van der Waals surface area (Å²) in [4.78, 5) is 12.2. The van der Waals surface area contributed by atoms with E-state index in [2.05, 4.69) is 63.7 Å². The van der Waals surface area contributed by atoms with Crippen molar-refractivity contribution < 1.29 is 4.79 Å². The van der Waals surface area contributed by atoms with E-state index in [0.717, 1.165) is 15.1 Å². The number of hydrogen-bond donors (Lipinski definition) is 0. The first-order chi connectivity index (χ1) is 7.49. The van der Waals surface area contributed by atoms with E-state index in [9.17, 15) is 4.79 Å². The second-order valence-corrected chi connectivity index (χ2v) is 10.3. The zero-order valence-electron chi connectivity index (χ0n) is 7.39. The normalized spacial score (nSPS) is 10.8. The van der Waals surface area contributed by atoms with E-state index in [-0.39, 0.29) is 5.78 Å². The van der Waals surface area contributed by atoms with Gasteiger partial charge in [0.2, 0.25) is 0 Å². The first kappa shape index (κ1) is 13.4. The third-order valence-corrected chi connectivity index (χ3v) is 6.48. The molecule has 0 saturated heterocycles. The number of ketones is 1. The van der Waals surface area contributed by atoms with Crippen molar-refractivity contribution in [1.29, 1.82) is 0 Å². The molecule has 0 amide bonds. The number of rotatable bonds is 2. The number of halogens is 4. The number of carbonyl (C=O) groups is 1. The lowest BCUT2D eigenvalue weighted by molar-refractivity contribution is 0.103. The Kier molecular flexibility index (Phi) is 4.46. The molecule has 0 unspecified atom stereocenters. The summed E-state index contributed by atoms with van der Waals surface area (Å²) < 4.78 is 3.57. The minimum atomic E-state index is 0.0163. The van der Waals surface area contributed by atoms with Gasteiger partial charge in [-0.3, -0.25) is 4.79 Å². The molecular weight excluding hydrogens is 508 g/mol. The lowest BCUT2D eigenvalue weighted by atomic mass is 10.1. The lowest BCUT2D eigenvalue weighted by Crippen LogP contribution is -1.98. The quantitative estimate of drug-likeness (QED) is 0.448. The van der Waals surface area contributed by atoms with E-state index in [0.29, 0.717) is 11.1 Å². The maximum absolute atomic E-state index is 12.2. The van der Waals surface area contributed by atoms with Gasteiger partial charge in [0.05, 0.1) is 15.1 Å². The average molecular weight is 510 g/mol. The third kappa shape index (κ3) is 2.70. The standard InChI is InChI=1S/C9H2Br4OS2/c10-5-1-3(8(12)15-5)7(14)4-2-6(11)16-9(4)13/h1-2H. The van der Waals surface area contributed by atoms with E-state index >= 15 is 0 Å². The van der Waals surface area contributed by atoms with Gasteiger partial charge in [0.1, 0.15) is 0 Å². The predicted octanol–water partition coefficient (Wildman–Crippen LogP) is 6.09. The molecule has 0 atom stereocenters. The molecule has 2 rings (SSSR count). The van der Waals surface area contributed by atoms with Crippen molar-refractivity contribution in [3.8, 4) is 0 Å². The third-order valence-electron chi connectivity index (χ3n) is 1.80.